The van der Waals surface area contributed by atoms with Crippen LogP contribution in [0.5, 0.6) is 11.5 Å². The predicted octanol–water partition coefficient (Wildman–Crippen LogP) is 6.90. The summed E-state index contributed by atoms with van der Waals surface area (Å²) in [6.45, 7) is 6.14. The zero-order valence-corrected chi connectivity index (χ0v) is 20.4. The molecule has 0 spiro atoms. The third-order valence-corrected chi connectivity index (χ3v) is 6.02. The lowest BCUT2D eigenvalue weighted by Crippen LogP contribution is -2.14. The van der Waals surface area contributed by atoms with Gasteiger partial charge in [-0.25, -0.2) is 9.67 Å². The molecule has 0 aliphatic rings. The number of rotatable bonds is 6. The second-order valence-electron chi connectivity index (χ2n) is 8.65. The minimum absolute atomic E-state index is 0.0936. The van der Waals surface area contributed by atoms with Gasteiger partial charge in [-0.2, -0.15) is 0 Å². The molecule has 4 aromatic carbocycles. The Hall–Kier alpha value is -4.71. The Bertz CT molecular complexity index is 1510. The van der Waals surface area contributed by atoms with Crippen LogP contribution in [-0.4, -0.2) is 20.7 Å². The Kier molecular flexibility index (Phi) is 6.33. The molecular formula is C30H26N4O2. The van der Waals surface area contributed by atoms with Gasteiger partial charge in [0.1, 0.15) is 11.5 Å². The van der Waals surface area contributed by atoms with Crippen LogP contribution in [0.2, 0.25) is 0 Å². The lowest BCUT2D eigenvalue weighted by Gasteiger charge is -2.11. The van der Waals surface area contributed by atoms with Crippen molar-refractivity contribution < 1.29 is 9.53 Å². The quantitative estimate of drug-likeness (QED) is 0.290. The van der Waals surface area contributed by atoms with Crippen LogP contribution < -0.4 is 10.1 Å². The van der Waals surface area contributed by atoms with E-state index in [1.54, 1.807) is 16.8 Å². The van der Waals surface area contributed by atoms with E-state index in [0.717, 1.165) is 33.7 Å². The average Bonchev–Trinajstić information content (AvgIpc) is 3.33. The van der Waals surface area contributed by atoms with E-state index in [1.165, 1.54) is 0 Å². The first kappa shape index (κ1) is 23.1. The number of ether oxygens (including phenoxy) is 1. The largest absolute Gasteiger partial charge is 0.457 e. The van der Waals surface area contributed by atoms with Crippen molar-refractivity contribution in [2.45, 2.75) is 20.8 Å². The van der Waals surface area contributed by atoms with Gasteiger partial charge < -0.3 is 10.1 Å². The minimum Gasteiger partial charge on any atom is -0.457 e. The van der Waals surface area contributed by atoms with Crippen molar-refractivity contribution >= 4 is 11.6 Å². The third-order valence-electron chi connectivity index (χ3n) is 6.02. The summed E-state index contributed by atoms with van der Waals surface area (Å²) in [5.74, 6) is 1.75. The van der Waals surface area contributed by atoms with Gasteiger partial charge in [-0.3, -0.25) is 4.79 Å². The maximum Gasteiger partial charge on any atom is 0.295 e. The van der Waals surface area contributed by atoms with Crippen LogP contribution >= 0.6 is 0 Å². The van der Waals surface area contributed by atoms with E-state index in [4.69, 9.17) is 4.74 Å². The molecule has 1 heterocycles. The van der Waals surface area contributed by atoms with Crippen molar-refractivity contribution in [3.05, 3.63) is 120 Å². The summed E-state index contributed by atoms with van der Waals surface area (Å²) < 4.78 is 7.58. The fourth-order valence-electron chi connectivity index (χ4n) is 3.85. The van der Waals surface area contributed by atoms with Crippen molar-refractivity contribution in [2.75, 3.05) is 5.32 Å². The zero-order chi connectivity index (χ0) is 25.1. The number of carbonyl (C=O) groups is 1. The molecule has 0 radical (unpaired) electrons. The van der Waals surface area contributed by atoms with Crippen LogP contribution in [0.3, 0.4) is 0 Å². The van der Waals surface area contributed by atoms with E-state index in [2.05, 4.69) is 28.4 Å². The Morgan fingerprint density at radius 3 is 2.19 bits per heavy atom. The van der Waals surface area contributed by atoms with Crippen LogP contribution in [0.4, 0.5) is 5.69 Å². The summed E-state index contributed by atoms with van der Waals surface area (Å²) in [5.41, 5.74) is 5.77. The summed E-state index contributed by atoms with van der Waals surface area (Å²) in [6.07, 6.45) is 0. The highest BCUT2D eigenvalue weighted by Gasteiger charge is 2.20. The molecule has 5 aromatic rings. The van der Waals surface area contributed by atoms with Gasteiger partial charge in [0, 0.05) is 11.3 Å². The van der Waals surface area contributed by atoms with E-state index >= 15 is 0 Å². The molecular weight excluding hydrogens is 448 g/mol. The van der Waals surface area contributed by atoms with Crippen molar-refractivity contribution in [1.82, 2.24) is 14.8 Å². The summed E-state index contributed by atoms with van der Waals surface area (Å²) in [6, 6.07) is 30.8. The number of benzene rings is 4. The number of carbonyl (C=O) groups excluding carboxylic acids is 1. The number of hydrogen-bond donors (Lipinski definition) is 1. The maximum absolute atomic E-state index is 13.1. The Morgan fingerprint density at radius 2 is 1.47 bits per heavy atom. The molecule has 0 fully saturated rings. The Labute approximate surface area is 210 Å². The number of amides is 1. The van der Waals surface area contributed by atoms with Gasteiger partial charge in [0.05, 0.1) is 5.69 Å². The van der Waals surface area contributed by atoms with Crippen molar-refractivity contribution in [3.63, 3.8) is 0 Å². The second kappa shape index (κ2) is 9.88. The molecule has 0 atom stereocenters. The molecule has 0 aliphatic carbocycles. The van der Waals surface area contributed by atoms with Crippen molar-refractivity contribution in [3.8, 4) is 28.6 Å². The molecule has 36 heavy (non-hydrogen) atoms. The molecule has 6 nitrogen and oxygen atoms in total. The van der Waals surface area contributed by atoms with Gasteiger partial charge >= 0.3 is 0 Å². The van der Waals surface area contributed by atoms with Crippen LogP contribution in [0.25, 0.3) is 17.1 Å². The van der Waals surface area contributed by atoms with E-state index in [1.807, 2.05) is 92.7 Å². The monoisotopic (exact) mass is 474 g/mol. The number of hydrogen-bond acceptors (Lipinski definition) is 4. The molecule has 1 N–H and O–H groups in total. The van der Waals surface area contributed by atoms with Gasteiger partial charge in [0.2, 0.25) is 5.82 Å². The van der Waals surface area contributed by atoms with Gasteiger partial charge in [-0.15, -0.1) is 5.10 Å². The third kappa shape index (κ3) is 4.88. The minimum atomic E-state index is -0.385. The fourth-order valence-corrected chi connectivity index (χ4v) is 3.85. The number of aromatic nitrogens is 3. The summed E-state index contributed by atoms with van der Waals surface area (Å²) in [7, 11) is 0. The van der Waals surface area contributed by atoms with Crippen LogP contribution in [0.1, 0.15) is 27.3 Å². The second-order valence-corrected chi connectivity index (χ2v) is 8.65. The summed E-state index contributed by atoms with van der Waals surface area (Å²) >= 11 is 0. The SMILES string of the molecule is Cc1ccc(-c2nc(C(=O)Nc3ccc(Oc4ccccc4)cc3)nn2-c2cccc(C)c2C)cc1. The van der Waals surface area contributed by atoms with Gasteiger partial charge in [0.15, 0.2) is 5.82 Å². The van der Waals surface area contributed by atoms with E-state index in [9.17, 15) is 4.79 Å². The van der Waals surface area contributed by atoms with Crippen LogP contribution in [-0.2, 0) is 0 Å². The number of aryl methyl sites for hydroxylation is 2. The number of anilines is 1. The number of para-hydroxylation sites is 1. The number of nitrogens with zero attached hydrogens (tertiary/aromatic N) is 3. The first-order valence-electron chi connectivity index (χ1n) is 11.7. The first-order chi connectivity index (χ1) is 17.5. The fraction of sp³-hybridized carbons (Fsp3) is 0.100. The lowest BCUT2D eigenvalue weighted by atomic mass is 10.1. The van der Waals surface area contributed by atoms with Gasteiger partial charge in [-0.05, 0) is 74.4 Å². The molecule has 0 aliphatic heterocycles. The molecule has 6 heteroatoms. The standard InChI is InChI=1S/C30H26N4O2/c1-20-12-14-23(15-13-20)29-32-28(33-34(29)27-11-7-8-21(2)22(27)3)30(35)31-24-16-18-26(19-17-24)36-25-9-5-4-6-10-25/h4-19H,1-3H3,(H,31,35). The topological polar surface area (TPSA) is 69.0 Å². The van der Waals surface area contributed by atoms with Crippen molar-refractivity contribution in [2.24, 2.45) is 0 Å². The van der Waals surface area contributed by atoms with Gasteiger partial charge in [-0.1, -0.05) is 60.2 Å². The zero-order valence-electron chi connectivity index (χ0n) is 20.4. The van der Waals surface area contributed by atoms with Crippen LogP contribution in [0, 0.1) is 20.8 Å². The molecule has 0 unspecified atom stereocenters. The van der Waals surface area contributed by atoms with E-state index < -0.39 is 0 Å². The normalized spacial score (nSPS) is 10.8. The number of nitrogens with one attached hydrogen (secondary N) is 1. The molecule has 0 bridgehead atoms. The highest BCUT2D eigenvalue weighted by atomic mass is 16.5. The summed E-state index contributed by atoms with van der Waals surface area (Å²) in [5, 5.41) is 7.51. The van der Waals surface area contributed by atoms with Crippen LogP contribution in [0.15, 0.2) is 97.1 Å². The molecule has 0 saturated carbocycles. The average molecular weight is 475 g/mol. The maximum atomic E-state index is 13.1. The predicted molar refractivity (Wildman–Crippen MR) is 142 cm³/mol. The molecule has 5 rings (SSSR count). The van der Waals surface area contributed by atoms with E-state index in [0.29, 0.717) is 17.3 Å². The Morgan fingerprint density at radius 1 is 0.778 bits per heavy atom. The smallest absolute Gasteiger partial charge is 0.295 e. The highest BCUT2D eigenvalue weighted by molar-refractivity contribution is 6.01. The molecule has 1 aromatic heterocycles. The van der Waals surface area contributed by atoms with E-state index in [-0.39, 0.29) is 11.7 Å². The first-order valence-corrected chi connectivity index (χ1v) is 11.7. The van der Waals surface area contributed by atoms with Crippen molar-refractivity contribution in [1.29, 1.82) is 0 Å². The Balaban J connectivity index is 1.43. The highest BCUT2D eigenvalue weighted by Crippen LogP contribution is 2.26. The van der Waals surface area contributed by atoms with Gasteiger partial charge in [0.25, 0.3) is 5.91 Å². The lowest BCUT2D eigenvalue weighted by molar-refractivity contribution is 0.101. The molecule has 0 saturated heterocycles. The molecule has 178 valence electrons. The molecule has 1 amide bonds. The summed E-state index contributed by atoms with van der Waals surface area (Å²) in [4.78, 5) is 17.8.